The Balaban J connectivity index is 1.84. The molecule has 0 radical (unpaired) electrons. The van der Waals surface area contributed by atoms with Gasteiger partial charge in [0, 0.05) is 5.69 Å². The maximum absolute atomic E-state index is 11.8. The highest BCUT2D eigenvalue weighted by molar-refractivity contribution is 5.99. The number of hydrogen-bond donors (Lipinski definition) is 2. The van der Waals surface area contributed by atoms with E-state index < -0.39 is 0 Å². The third kappa shape index (κ3) is 5.46. The lowest BCUT2D eigenvalue weighted by Crippen LogP contribution is -2.26. The second-order valence-corrected chi connectivity index (χ2v) is 4.92. The van der Waals surface area contributed by atoms with Gasteiger partial charge in [0.1, 0.15) is 11.8 Å². The van der Waals surface area contributed by atoms with Crippen molar-refractivity contribution >= 4 is 17.3 Å². The molecule has 0 bridgehead atoms. The van der Waals surface area contributed by atoms with Crippen LogP contribution in [0.5, 0.6) is 5.75 Å². The van der Waals surface area contributed by atoms with Gasteiger partial charge in [0.2, 0.25) is 0 Å². The van der Waals surface area contributed by atoms with Crippen LogP contribution in [0.1, 0.15) is 12.5 Å². The van der Waals surface area contributed by atoms with Gasteiger partial charge in [0.05, 0.1) is 12.3 Å². The number of nitrogens with zero attached hydrogens (tertiary/aromatic N) is 2. The number of anilines is 1. The number of ether oxygens (including phenoxy) is 1. The lowest BCUT2D eigenvalue weighted by atomic mass is 10.1. The number of nitrogens with one attached hydrogen (secondary N) is 2. The minimum absolute atomic E-state index is 0.0108. The van der Waals surface area contributed by atoms with E-state index in [9.17, 15) is 4.79 Å². The number of hydrazone groups is 1. The molecule has 2 N–H and O–H groups in total. The van der Waals surface area contributed by atoms with Crippen LogP contribution in [0.2, 0.25) is 0 Å². The van der Waals surface area contributed by atoms with E-state index in [0.29, 0.717) is 11.5 Å². The molecule has 0 aromatic heterocycles. The lowest BCUT2D eigenvalue weighted by Gasteiger charge is -2.06. The van der Waals surface area contributed by atoms with Crippen LogP contribution in [-0.2, 0) is 4.79 Å². The first-order chi connectivity index (χ1) is 11.7. The molecule has 0 fully saturated rings. The van der Waals surface area contributed by atoms with Crippen LogP contribution in [0.15, 0.2) is 59.7 Å². The molecule has 2 rings (SSSR count). The van der Waals surface area contributed by atoms with Gasteiger partial charge in [0.25, 0.3) is 5.91 Å². The Bertz CT molecular complexity index is 734. The van der Waals surface area contributed by atoms with Crippen LogP contribution in [0, 0.1) is 11.3 Å². The topological polar surface area (TPSA) is 86.5 Å². The van der Waals surface area contributed by atoms with Crippen molar-refractivity contribution in [3.05, 3.63) is 60.2 Å². The summed E-state index contributed by atoms with van der Waals surface area (Å²) >= 11 is 0. The molecule has 1 amide bonds. The molecule has 0 spiro atoms. The highest BCUT2D eigenvalue weighted by Gasteiger charge is 2.02. The van der Waals surface area contributed by atoms with E-state index in [0.717, 1.165) is 11.3 Å². The normalized spacial score (nSPS) is 10.6. The summed E-state index contributed by atoms with van der Waals surface area (Å²) < 4.78 is 5.18. The second-order valence-electron chi connectivity index (χ2n) is 4.92. The number of hydrogen-bond acceptors (Lipinski definition) is 5. The van der Waals surface area contributed by atoms with E-state index in [-0.39, 0.29) is 19.1 Å². The van der Waals surface area contributed by atoms with Crippen LogP contribution in [0.3, 0.4) is 0 Å². The zero-order valence-corrected chi connectivity index (χ0v) is 13.3. The second kappa shape index (κ2) is 8.96. The van der Waals surface area contributed by atoms with Crippen LogP contribution in [0.4, 0.5) is 5.69 Å². The molecule has 24 heavy (non-hydrogen) atoms. The van der Waals surface area contributed by atoms with E-state index in [1.807, 2.05) is 48.5 Å². The van der Waals surface area contributed by atoms with Gasteiger partial charge in [-0.05, 0) is 48.9 Å². The van der Waals surface area contributed by atoms with Crippen LogP contribution < -0.4 is 15.5 Å². The highest BCUT2D eigenvalue weighted by Crippen LogP contribution is 2.12. The summed E-state index contributed by atoms with van der Waals surface area (Å²) in [4.78, 5) is 11.8. The first-order valence-electron chi connectivity index (χ1n) is 7.41. The van der Waals surface area contributed by atoms with Crippen molar-refractivity contribution in [1.29, 1.82) is 5.26 Å². The van der Waals surface area contributed by atoms with Gasteiger partial charge in [-0.15, -0.1) is 0 Å². The van der Waals surface area contributed by atoms with Gasteiger partial charge in [-0.25, -0.2) is 5.43 Å². The molecule has 0 heterocycles. The van der Waals surface area contributed by atoms with Crippen molar-refractivity contribution < 1.29 is 9.53 Å². The molecule has 2 aromatic rings. The molecule has 6 heteroatoms. The van der Waals surface area contributed by atoms with Crippen molar-refractivity contribution in [2.24, 2.45) is 5.10 Å². The van der Waals surface area contributed by atoms with Gasteiger partial charge < -0.3 is 10.1 Å². The molecule has 122 valence electrons. The summed E-state index contributed by atoms with van der Waals surface area (Å²) in [5.74, 6) is 0.386. The molecule has 0 aliphatic carbocycles. The molecule has 0 atom stereocenters. The predicted octanol–water partition coefficient (Wildman–Crippen LogP) is 2.54. The number of carbonyl (C=O) groups is 1. The Kier molecular flexibility index (Phi) is 6.35. The summed E-state index contributed by atoms with van der Waals surface area (Å²) in [6.45, 7) is 1.95. The number of nitriles is 1. The number of amides is 1. The summed E-state index contributed by atoms with van der Waals surface area (Å²) in [6, 6.07) is 18.5. The van der Waals surface area contributed by atoms with Crippen LogP contribution in [0.25, 0.3) is 0 Å². The zero-order valence-electron chi connectivity index (χ0n) is 13.3. The third-order valence-electron chi connectivity index (χ3n) is 3.15. The van der Waals surface area contributed by atoms with E-state index in [1.54, 1.807) is 19.1 Å². The Morgan fingerprint density at radius 2 is 1.88 bits per heavy atom. The summed E-state index contributed by atoms with van der Waals surface area (Å²) in [5, 5.41) is 15.6. The molecular weight excluding hydrogens is 304 g/mol. The van der Waals surface area contributed by atoms with Gasteiger partial charge in [-0.2, -0.15) is 10.4 Å². The van der Waals surface area contributed by atoms with Gasteiger partial charge in [0.15, 0.2) is 6.61 Å². The van der Waals surface area contributed by atoms with E-state index >= 15 is 0 Å². The maximum Gasteiger partial charge on any atom is 0.259 e. The average molecular weight is 322 g/mol. The van der Waals surface area contributed by atoms with E-state index in [2.05, 4.69) is 15.8 Å². The molecule has 0 unspecified atom stereocenters. The van der Waals surface area contributed by atoms with Crippen LogP contribution >= 0.6 is 0 Å². The molecule has 6 nitrogen and oxygen atoms in total. The van der Waals surface area contributed by atoms with Gasteiger partial charge in [-0.3, -0.25) is 4.79 Å². The minimum Gasteiger partial charge on any atom is -0.479 e. The molecular formula is C18H18N4O2. The highest BCUT2D eigenvalue weighted by atomic mass is 16.5. The predicted molar refractivity (Wildman–Crippen MR) is 92.8 cm³/mol. The Hall–Kier alpha value is -3.33. The standard InChI is InChI=1S/C18H18N4O2/c1-14(15-7-9-17(10-8-15)24-12-11-19)21-22-18(23)13-20-16-5-3-2-4-6-16/h2-10,20H,12-13H2,1H3,(H,22,23)/b21-14-. The fourth-order valence-electron chi connectivity index (χ4n) is 1.90. The minimum atomic E-state index is -0.229. The van der Waals surface area contributed by atoms with Crippen molar-refractivity contribution in [1.82, 2.24) is 5.43 Å². The average Bonchev–Trinajstić information content (AvgIpc) is 2.64. The number of para-hydroxylation sites is 1. The Morgan fingerprint density at radius 1 is 1.17 bits per heavy atom. The molecule has 0 saturated heterocycles. The number of carbonyl (C=O) groups excluding carboxylic acids is 1. The first kappa shape index (κ1) is 17.0. The van der Waals surface area contributed by atoms with Crippen LogP contribution in [-0.4, -0.2) is 24.8 Å². The summed E-state index contributed by atoms with van der Waals surface area (Å²) in [7, 11) is 0. The van der Waals surface area contributed by atoms with Crippen molar-refractivity contribution in [3.8, 4) is 11.8 Å². The summed E-state index contributed by atoms with van der Waals surface area (Å²) in [6.07, 6.45) is 0. The number of rotatable bonds is 7. The fourth-order valence-corrected chi connectivity index (χ4v) is 1.90. The molecule has 0 aliphatic heterocycles. The fraction of sp³-hybridized carbons (Fsp3) is 0.167. The monoisotopic (exact) mass is 322 g/mol. The van der Waals surface area contributed by atoms with E-state index in [1.165, 1.54) is 0 Å². The van der Waals surface area contributed by atoms with Crippen molar-refractivity contribution in [2.45, 2.75) is 6.92 Å². The van der Waals surface area contributed by atoms with Crippen molar-refractivity contribution in [2.75, 3.05) is 18.5 Å². The van der Waals surface area contributed by atoms with E-state index in [4.69, 9.17) is 10.00 Å². The van der Waals surface area contributed by atoms with Gasteiger partial charge in [-0.1, -0.05) is 18.2 Å². The van der Waals surface area contributed by atoms with Gasteiger partial charge >= 0.3 is 0 Å². The molecule has 2 aromatic carbocycles. The van der Waals surface area contributed by atoms with Crippen molar-refractivity contribution in [3.63, 3.8) is 0 Å². The lowest BCUT2D eigenvalue weighted by molar-refractivity contribution is -0.119. The zero-order chi connectivity index (χ0) is 17.2. The smallest absolute Gasteiger partial charge is 0.259 e. The molecule has 0 aliphatic rings. The Morgan fingerprint density at radius 3 is 2.54 bits per heavy atom. The molecule has 0 saturated carbocycles. The maximum atomic E-state index is 11.8. The third-order valence-corrected chi connectivity index (χ3v) is 3.15. The largest absolute Gasteiger partial charge is 0.479 e. The first-order valence-corrected chi connectivity index (χ1v) is 7.41. The quantitative estimate of drug-likeness (QED) is 0.606. The summed E-state index contributed by atoms with van der Waals surface area (Å²) in [5.41, 5.74) is 4.92. The SMILES string of the molecule is C/C(=N/NC(=O)CNc1ccccc1)c1ccc(OCC#N)cc1. The number of benzene rings is 2. The Labute approximate surface area is 140 Å².